The third kappa shape index (κ3) is 2.79. The molecule has 2 heteroatoms. The molecule has 0 radical (unpaired) electrons. The Bertz CT molecular complexity index is 349. The minimum Gasteiger partial charge on any atom is -0.497 e. The Hall–Kier alpha value is -1.46. The summed E-state index contributed by atoms with van der Waals surface area (Å²) in [5, 5.41) is 0. The van der Waals surface area contributed by atoms with Gasteiger partial charge in [0.2, 0.25) is 0 Å². The topological polar surface area (TPSA) is 35.2 Å². The molecular formula is C12H15NO. The fourth-order valence-electron chi connectivity index (χ4n) is 1.20. The molecule has 0 saturated carbocycles. The molecule has 2 nitrogen and oxygen atoms in total. The summed E-state index contributed by atoms with van der Waals surface area (Å²) in [6.45, 7) is 1.82. The summed E-state index contributed by atoms with van der Waals surface area (Å²) in [5.41, 5.74) is 7.01. The third-order valence-corrected chi connectivity index (χ3v) is 2.02. The van der Waals surface area contributed by atoms with Crippen LogP contribution in [-0.4, -0.2) is 7.11 Å². The standard InChI is InChI=1S/C12H15NO/c1-3-4-8-12(13)10-6-5-7-11(9-10)14-2/h5-7,9,12H,8,13H2,1-2H3. The molecule has 1 aromatic carbocycles. The Labute approximate surface area is 85.1 Å². The first kappa shape index (κ1) is 10.6. The van der Waals surface area contributed by atoms with E-state index < -0.39 is 0 Å². The quantitative estimate of drug-likeness (QED) is 0.739. The summed E-state index contributed by atoms with van der Waals surface area (Å²) in [4.78, 5) is 0. The lowest BCUT2D eigenvalue weighted by Crippen LogP contribution is -2.09. The van der Waals surface area contributed by atoms with E-state index in [9.17, 15) is 0 Å². The lowest BCUT2D eigenvalue weighted by molar-refractivity contribution is 0.414. The van der Waals surface area contributed by atoms with Crippen LogP contribution < -0.4 is 10.5 Å². The summed E-state index contributed by atoms with van der Waals surface area (Å²) < 4.78 is 5.12. The average Bonchev–Trinajstić information content (AvgIpc) is 2.26. The number of ether oxygens (including phenoxy) is 1. The van der Waals surface area contributed by atoms with Crippen molar-refractivity contribution in [1.29, 1.82) is 0 Å². The van der Waals surface area contributed by atoms with Crippen LogP contribution in [0.5, 0.6) is 5.75 Å². The summed E-state index contributed by atoms with van der Waals surface area (Å²) in [6, 6.07) is 7.75. The molecule has 0 saturated heterocycles. The van der Waals surface area contributed by atoms with E-state index in [1.165, 1.54) is 0 Å². The van der Waals surface area contributed by atoms with Gasteiger partial charge < -0.3 is 10.5 Å². The van der Waals surface area contributed by atoms with E-state index in [-0.39, 0.29) is 6.04 Å². The lowest BCUT2D eigenvalue weighted by Gasteiger charge is -2.09. The van der Waals surface area contributed by atoms with Gasteiger partial charge in [0.05, 0.1) is 7.11 Å². The Morgan fingerprint density at radius 1 is 1.50 bits per heavy atom. The first-order valence-electron chi connectivity index (χ1n) is 4.57. The van der Waals surface area contributed by atoms with Crippen molar-refractivity contribution >= 4 is 0 Å². The highest BCUT2D eigenvalue weighted by molar-refractivity contribution is 5.30. The highest BCUT2D eigenvalue weighted by atomic mass is 16.5. The van der Waals surface area contributed by atoms with Crippen LogP contribution in [0.4, 0.5) is 0 Å². The molecule has 14 heavy (non-hydrogen) atoms. The first-order chi connectivity index (χ1) is 6.77. The van der Waals surface area contributed by atoms with Crippen LogP contribution in [-0.2, 0) is 0 Å². The van der Waals surface area contributed by atoms with Crippen LogP contribution in [0.2, 0.25) is 0 Å². The lowest BCUT2D eigenvalue weighted by atomic mass is 10.0. The number of methoxy groups -OCH3 is 1. The molecule has 0 aliphatic carbocycles. The Morgan fingerprint density at radius 3 is 2.93 bits per heavy atom. The van der Waals surface area contributed by atoms with Crippen LogP contribution >= 0.6 is 0 Å². The van der Waals surface area contributed by atoms with Crippen molar-refractivity contribution in [2.75, 3.05) is 7.11 Å². The number of nitrogens with two attached hydrogens (primary N) is 1. The fourth-order valence-corrected chi connectivity index (χ4v) is 1.20. The SMILES string of the molecule is CC#CCC(N)c1cccc(OC)c1. The zero-order chi connectivity index (χ0) is 10.4. The molecule has 0 spiro atoms. The van der Waals surface area contributed by atoms with Crippen molar-refractivity contribution < 1.29 is 4.74 Å². The molecule has 0 aliphatic rings. The van der Waals surface area contributed by atoms with Gasteiger partial charge in [-0.3, -0.25) is 0 Å². The third-order valence-electron chi connectivity index (χ3n) is 2.02. The van der Waals surface area contributed by atoms with Gasteiger partial charge in [-0.05, 0) is 24.6 Å². The van der Waals surface area contributed by atoms with Crippen molar-refractivity contribution in [3.63, 3.8) is 0 Å². The Balaban J connectivity index is 2.76. The molecule has 1 atom stereocenters. The van der Waals surface area contributed by atoms with Gasteiger partial charge in [-0.2, -0.15) is 0 Å². The van der Waals surface area contributed by atoms with E-state index in [0.29, 0.717) is 6.42 Å². The van der Waals surface area contributed by atoms with Crippen LogP contribution in [0.1, 0.15) is 24.9 Å². The zero-order valence-corrected chi connectivity index (χ0v) is 8.58. The van der Waals surface area contributed by atoms with Crippen molar-refractivity contribution in [3.05, 3.63) is 29.8 Å². The molecule has 0 bridgehead atoms. The van der Waals surface area contributed by atoms with Gasteiger partial charge in [-0.25, -0.2) is 0 Å². The smallest absolute Gasteiger partial charge is 0.119 e. The van der Waals surface area contributed by atoms with Gasteiger partial charge in [0, 0.05) is 12.5 Å². The maximum Gasteiger partial charge on any atom is 0.119 e. The van der Waals surface area contributed by atoms with Gasteiger partial charge in [-0.1, -0.05) is 12.1 Å². The van der Waals surface area contributed by atoms with Crippen LogP contribution in [0.15, 0.2) is 24.3 Å². The molecule has 0 heterocycles. The van der Waals surface area contributed by atoms with Gasteiger partial charge in [0.1, 0.15) is 5.75 Å². The number of hydrogen-bond donors (Lipinski definition) is 1. The molecular weight excluding hydrogens is 174 g/mol. The molecule has 0 aromatic heterocycles. The minimum absolute atomic E-state index is 0.0300. The van der Waals surface area contributed by atoms with Gasteiger partial charge >= 0.3 is 0 Å². The second-order valence-electron chi connectivity index (χ2n) is 3.01. The highest BCUT2D eigenvalue weighted by Gasteiger charge is 2.04. The molecule has 74 valence electrons. The van der Waals surface area contributed by atoms with Gasteiger partial charge in [0.15, 0.2) is 0 Å². The van der Waals surface area contributed by atoms with E-state index in [1.807, 2.05) is 31.2 Å². The molecule has 0 amide bonds. The number of benzene rings is 1. The van der Waals surface area contributed by atoms with Crippen molar-refractivity contribution in [2.45, 2.75) is 19.4 Å². The van der Waals surface area contributed by atoms with Crippen LogP contribution in [0, 0.1) is 11.8 Å². The van der Waals surface area contributed by atoms with Crippen molar-refractivity contribution in [1.82, 2.24) is 0 Å². The predicted molar refractivity (Wildman–Crippen MR) is 58.0 cm³/mol. The molecule has 1 rings (SSSR count). The van der Waals surface area contributed by atoms with Crippen LogP contribution in [0.25, 0.3) is 0 Å². The maximum absolute atomic E-state index is 5.95. The second kappa shape index (κ2) is 5.31. The molecule has 2 N–H and O–H groups in total. The van der Waals surface area contributed by atoms with Crippen LogP contribution in [0.3, 0.4) is 0 Å². The fraction of sp³-hybridized carbons (Fsp3) is 0.333. The summed E-state index contributed by atoms with van der Waals surface area (Å²) in [6.07, 6.45) is 0.684. The maximum atomic E-state index is 5.95. The summed E-state index contributed by atoms with van der Waals surface area (Å²) in [7, 11) is 1.65. The summed E-state index contributed by atoms with van der Waals surface area (Å²) in [5.74, 6) is 6.64. The molecule has 1 unspecified atom stereocenters. The largest absolute Gasteiger partial charge is 0.497 e. The second-order valence-corrected chi connectivity index (χ2v) is 3.01. The number of hydrogen-bond acceptors (Lipinski definition) is 2. The van der Waals surface area contributed by atoms with Crippen molar-refractivity contribution in [3.8, 4) is 17.6 Å². The average molecular weight is 189 g/mol. The van der Waals surface area contributed by atoms with E-state index in [1.54, 1.807) is 7.11 Å². The normalized spacial score (nSPS) is 11.4. The Morgan fingerprint density at radius 2 is 2.29 bits per heavy atom. The predicted octanol–water partition coefficient (Wildman–Crippen LogP) is 2.11. The van der Waals surface area contributed by atoms with E-state index in [4.69, 9.17) is 10.5 Å². The van der Waals surface area contributed by atoms with Gasteiger partial charge in [0.25, 0.3) is 0 Å². The molecule has 0 fully saturated rings. The highest BCUT2D eigenvalue weighted by Crippen LogP contribution is 2.19. The van der Waals surface area contributed by atoms with E-state index in [2.05, 4.69) is 11.8 Å². The van der Waals surface area contributed by atoms with Crippen molar-refractivity contribution in [2.24, 2.45) is 5.73 Å². The van der Waals surface area contributed by atoms with Gasteiger partial charge in [-0.15, -0.1) is 11.8 Å². The minimum atomic E-state index is -0.0300. The monoisotopic (exact) mass is 189 g/mol. The zero-order valence-electron chi connectivity index (χ0n) is 8.58. The van der Waals surface area contributed by atoms with E-state index >= 15 is 0 Å². The van der Waals surface area contributed by atoms with E-state index in [0.717, 1.165) is 11.3 Å². The molecule has 1 aromatic rings. The number of rotatable bonds is 3. The summed E-state index contributed by atoms with van der Waals surface area (Å²) >= 11 is 0. The first-order valence-corrected chi connectivity index (χ1v) is 4.57. The molecule has 0 aliphatic heterocycles. The Kier molecular flexibility index (Phi) is 4.03.